The van der Waals surface area contributed by atoms with Crippen molar-refractivity contribution in [2.24, 2.45) is 0 Å². The molecule has 1 atom stereocenters. The van der Waals surface area contributed by atoms with Crippen LogP contribution in [-0.2, 0) is 28.6 Å². The Morgan fingerprint density at radius 2 is 0.554 bits per heavy atom. The lowest BCUT2D eigenvalue weighted by molar-refractivity contribution is -0.167. The molecule has 0 aliphatic carbocycles. The topological polar surface area (TPSA) is 78.9 Å². The third kappa shape index (κ3) is 59.0. The van der Waals surface area contributed by atoms with Crippen LogP contribution in [0.5, 0.6) is 0 Å². The van der Waals surface area contributed by atoms with Crippen molar-refractivity contribution < 1.29 is 28.6 Å². The van der Waals surface area contributed by atoms with Crippen molar-refractivity contribution >= 4 is 17.9 Å². The van der Waals surface area contributed by atoms with Gasteiger partial charge in [-0.3, -0.25) is 14.4 Å². The molecule has 0 fully saturated rings. The van der Waals surface area contributed by atoms with E-state index in [1.54, 1.807) is 0 Å². The number of allylic oxidation sites excluding steroid dienone is 18. The van der Waals surface area contributed by atoms with Gasteiger partial charge in [-0.25, -0.2) is 0 Å². The first-order valence-electron chi connectivity index (χ1n) is 30.9. The van der Waals surface area contributed by atoms with Gasteiger partial charge in [-0.05, 0) is 122 Å². The molecule has 1 unspecified atom stereocenters. The Morgan fingerprint density at radius 3 is 0.892 bits per heavy atom. The van der Waals surface area contributed by atoms with E-state index in [4.69, 9.17) is 14.2 Å². The number of ether oxygens (including phenoxy) is 3. The van der Waals surface area contributed by atoms with Crippen molar-refractivity contribution in [2.45, 2.75) is 290 Å². The van der Waals surface area contributed by atoms with Gasteiger partial charge in [-0.2, -0.15) is 0 Å². The first-order valence-corrected chi connectivity index (χ1v) is 30.9. The van der Waals surface area contributed by atoms with Crippen LogP contribution < -0.4 is 0 Å². The fraction of sp³-hybridized carbons (Fsp3) is 0.691. The lowest BCUT2D eigenvalue weighted by Gasteiger charge is -2.18. The van der Waals surface area contributed by atoms with E-state index in [0.29, 0.717) is 19.3 Å². The number of carbonyl (C=O) groups is 3. The number of rotatable bonds is 55. The molecule has 0 N–H and O–H groups in total. The SMILES string of the molecule is CC/C=C\C/C=C\C/C=C\C/C=C\C/C=C\CCCCCCCC(=O)OC(COC(=O)CCCCCCC/C=C\CCC)COC(=O)CCCCCCCCCCCC/C=C\C/C=C\C/C=C\CCCCCCC. The maximum atomic E-state index is 12.9. The van der Waals surface area contributed by atoms with E-state index in [0.717, 1.165) is 141 Å². The van der Waals surface area contributed by atoms with Gasteiger partial charge in [0, 0.05) is 19.3 Å². The van der Waals surface area contributed by atoms with Crippen LogP contribution in [0.25, 0.3) is 0 Å². The molecule has 0 bridgehead atoms. The Morgan fingerprint density at radius 1 is 0.284 bits per heavy atom. The number of unbranched alkanes of at least 4 members (excludes halogenated alkanes) is 26. The second kappa shape index (κ2) is 61.6. The Hall–Kier alpha value is -3.93. The average molecular weight is 1030 g/mol. The molecule has 422 valence electrons. The molecule has 0 heterocycles. The first kappa shape index (κ1) is 70.1. The lowest BCUT2D eigenvalue weighted by Crippen LogP contribution is -2.30. The summed E-state index contributed by atoms with van der Waals surface area (Å²) in [6, 6.07) is 0. The van der Waals surface area contributed by atoms with E-state index < -0.39 is 6.10 Å². The number of esters is 3. The summed E-state index contributed by atoms with van der Waals surface area (Å²) in [5, 5.41) is 0. The lowest BCUT2D eigenvalue weighted by atomic mass is 10.1. The molecule has 0 saturated heterocycles. The largest absolute Gasteiger partial charge is 0.462 e. The molecule has 0 aliphatic rings. The molecule has 0 aromatic heterocycles. The number of hydrogen-bond acceptors (Lipinski definition) is 6. The van der Waals surface area contributed by atoms with Crippen molar-refractivity contribution in [1.82, 2.24) is 0 Å². The van der Waals surface area contributed by atoms with Crippen molar-refractivity contribution in [1.29, 1.82) is 0 Å². The molecule has 74 heavy (non-hydrogen) atoms. The monoisotopic (exact) mass is 1030 g/mol. The quantitative estimate of drug-likeness (QED) is 0.0261. The van der Waals surface area contributed by atoms with E-state index >= 15 is 0 Å². The molecule has 0 aromatic rings. The molecule has 0 rings (SSSR count). The maximum absolute atomic E-state index is 12.9. The first-order chi connectivity index (χ1) is 36.5. The summed E-state index contributed by atoms with van der Waals surface area (Å²) in [6.07, 6.45) is 83.8. The van der Waals surface area contributed by atoms with Crippen LogP contribution in [0.15, 0.2) is 109 Å². The summed E-state index contributed by atoms with van der Waals surface area (Å²) in [6.45, 7) is 6.44. The zero-order valence-corrected chi connectivity index (χ0v) is 48.3. The van der Waals surface area contributed by atoms with Gasteiger partial charge in [0.15, 0.2) is 6.10 Å². The van der Waals surface area contributed by atoms with Crippen LogP contribution >= 0.6 is 0 Å². The highest BCUT2D eigenvalue weighted by Gasteiger charge is 2.19. The van der Waals surface area contributed by atoms with Crippen LogP contribution in [0.3, 0.4) is 0 Å². The normalized spacial score (nSPS) is 12.9. The molecule has 0 aliphatic heterocycles. The van der Waals surface area contributed by atoms with Crippen LogP contribution in [0.4, 0.5) is 0 Å². The van der Waals surface area contributed by atoms with Gasteiger partial charge in [0.2, 0.25) is 0 Å². The highest BCUT2D eigenvalue weighted by molar-refractivity contribution is 5.71. The fourth-order valence-electron chi connectivity index (χ4n) is 8.36. The van der Waals surface area contributed by atoms with E-state index in [2.05, 4.69) is 130 Å². The molecule has 6 nitrogen and oxygen atoms in total. The Balaban J connectivity index is 4.32. The molecule has 0 spiro atoms. The van der Waals surface area contributed by atoms with E-state index in [9.17, 15) is 14.4 Å². The van der Waals surface area contributed by atoms with Crippen LogP contribution in [0.1, 0.15) is 284 Å². The molecular formula is C68H114O6. The summed E-state index contributed by atoms with van der Waals surface area (Å²) in [7, 11) is 0. The minimum atomic E-state index is -0.796. The van der Waals surface area contributed by atoms with Gasteiger partial charge >= 0.3 is 17.9 Å². The predicted molar refractivity (Wildman–Crippen MR) is 320 cm³/mol. The van der Waals surface area contributed by atoms with Crippen molar-refractivity contribution in [2.75, 3.05) is 13.2 Å². The van der Waals surface area contributed by atoms with Gasteiger partial charge in [-0.1, -0.05) is 252 Å². The van der Waals surface area contributed by atoms with Gasteiger partial charge in [0.25, 0.3) is 0 Å². The second-order valence-corrected chi connectivity index (χ2v) is 20.2. The van der Waals surface area contributed by atoms with Crippen molar-refractivity contribution in [3.05, 3.63) is 109 Å². The van der Waals surface area contributed by atoms with Crippen LogP contribution in [0, 0.1) is 0 Å². The fourth-order valence-corrected chi connectivity index (χ4v) is 8.36. The average Bonchev–Trinajstić information content (AvgIpc) is 3.40. The van der Waals surface area contributed by atoms with Crippen molar-refractivity contribution in [3.63, 3.8) is 0 Å². The van der Waals surface area contributed by atoms with E-state index in [1.807, 2.05) is 0 Å². The highest BCUT2D eigenvalue weighted by Crippen LogP contribution is 2.15. The van der Waals surface area contributed by atoms with Gasteiger partial charge in [0.05, 0.1) is 0 Å². The summed E-state index contributed by atoms with van der Waals surface area (Å²) >= 11 is 0. The van der Waals surface area contributed by atoms with Gasteiger partial charge < -0.3 is 14.2 Å². The summed E-state index contributed by atoms with van der Waals surface area (Å²) < 4.78 is 16.9. The zero-order valence-electron chi connectivity index (χ0n) is 48.3. The van der Waals surface area contributed by atoms with E-state index in [1.165, 1.54) is 103 Å². The van der Waals surface area contributed by atoms with Crippen molar-refractivity contribution in [3.8, 4) is 0 Å². The Labute approximate surface area is 457 Å². The second-order valence-electron chi connectivity index (χ2n) is 20.2. The third-order valence-electron chi connectivity index (χ3n) is 13.0. The molecule has 0 radical (unpaired) electrons. The van der Waals surface area contributed by atoms with Crippen LogP contribution in [0.2, 0.25) is 0 Å². The third-order valence-corrected chi connectivity index (χ3v) is 13.0. The minimum absolute atomic E-state index is 0.0918. The van der Waals surface area contributed by atoms with Gasteiger partial charge in [-0.15, -0.1) is 0 Å². The smallest absolute Gasteiger partial charge is 0.306 e. The molecule has 6 heteroatoms. The molecule has 0 saturated carbocycles. The number of hydrogen-bond donors (Lipinski definition) is 0. The highest BCUT2D eigenvalue weighted by atomic mass is 16.6. The molecule has 0 amide bonds. The van der Waals surface area contributed by atoms with Crippen LogP contribution in [-0.4, -0.2) is 37.2 Å². The predicted octanol–water partition coefficient (Wildman–Crippen LogP) is 21.0. The Bertz CT molecular complexity index is 1510. The summed E-state index contributed by atoms with van der Waals surface area (Å²) in [4.78, 5) is 38.2. The molecule has 0 aromatic carbocycles. The Kier molecular flexibility index (Phi) is 58.3. The minimum Gasteiger partial charge on any atom is -0.462 e. The maximum Gasteiger partial charge on any atom is 0.306 e. The molecular weight excluding hydrogens is 913 g/mol. The number of carbonyl (C=O) groups excluding carboxylic acids is 3. The van der Waals surface area contributed by atoms with E-state index in [-0.39, 0.29) is 31.1 Å². The standard InChI is InChI=1S/C68H114O6/c1-4-7-10-13-16-19-22-24-26-28-30-32-33-34-35-37-38-40-42-44-46-49-52-55-58-61-67(70)73-64-65(63-72-66(69)60-57-54-51-48-21-18-15-12-9-6-3)74-68(71)62-59-56-53-50-47-45-43-41-39-36-31-29-27-25-23-20-17-14-11-8-5-2/h8,11-12,15,17,20,22,24-25,27-28,30-31,33-34,36,41,43,65H,4-7,9-10,13-14,16,18-19,21,23,26,29,32,35,37-40,42,44-64H2,1-3H3/b11-8-,15-12-,20-17-,24-22-,27-25-,30-28-,34-33-,36-31-,43-41-. The summed E-state index contributed by atoms with van der Waals surface area (Å²) in [5.41, 5.74) is 0. The summed E-state index contributed by atoms with van der Waals surface area (Å²) in [5.74, 6) is -0.923. The van der Waals surface area contributed by atoms with Gasteiger partial charge in [0.1, 0.15) is 13.2 Å². The zero-order chi connectivity index (χ0) is 53.6.